The minimum absolute atomic E-state index is 0.144. The molecule has 1 N–H and O–H groups in total. The molecule has 32 heavy (non-hydrogen) atoms. The molecule has 0 radical (unpaired) electrons. The Hall–Kier alpha value is -3.27. The summed E-state index contributed by atoms with van der Waals surface area (Å²) in [6.45, 7) is 3.11. The van der Waals surface area contributed by atoms with Crippen LogP contribution in [0.4, 0.5) is 22.0 Å². The fourth-order valence-corrected chi connectivity index (χ4v) is 4.06. The van der Waals surface area contributed by atoms with Crippen LogP contribution in [-0.4, -0.2) is 33.7 Å². The van der Waals surface area contributed by atoms with Crippen molar-refractivity contribution >= 4 is 5.91 Å². The molecule has 168 valence electrons. The number of carbonyl (C=O) groups is 1. The van der Waals surface area contributed by atoms with Gasteiger partial charge < -0.3 is 5.32 Å². The number of benzene rings is 2. The molecule has 0 saturated carbocycles. The van der Waals surface area contributed by atoms with Crippen LogP contribution in [-0.2, 0) is 11.3 Å². The van der Waals surface area contributed by atoms with E-state index < -0.39 is 53.1 Å². The number of rotatable bonds is 4. The third kappa shape index (κ3) is 3.54. The lowest BCUT2D eigenvalue weighted by Gasteiger charge is -2.35. The van der Waals surface area contributed by atoms with E-state index in [-0.39, 0.29) is 13.1 Å². The molecule has 3 aromatic rings. The first-order valence-corrected chi connectivity index (χ1v) is 9.86. The molecule has 1 aliphatic rings. The van der Waals surface area contributed by atoms with Gasteiger partial charge in [0.1, 0.15) is 6.04 Å². The highest BCUT2D eigenvalue weighted by Gasteiger charge is 2.37. The molecule has 5 nitrogen and oxygen atoms in total. The smallest absolute Gasteiger partial charge is 0.242 e. The average molecular weight is 450 g/mol. The van der Waals surface area contributed by atoms with Gasteiger partial charge in [0, 0.05) is 36.5 Å². The van der Waals surface area contributed by atoms with Crippen molar-refractivity contribution in [2.24, 2.45) is 0 Å². The van der Waals surface area contributed by atoms with E-state index in [9.17, 15) is 26.7 Å². The second kappa shape index (κ2) is 8.34. The summed E-state index contributed by atoms with van der Waals surface area (Å²) in [4.78, 5) is 14.2. The first-order chi connectivity index (χ1) is 15.2. The van der Waals surface area contributed by atoms with Crippen LogP contribution in [0, 0.1) is 42.9 Å². The van der Waals surface area contributed by atoms with E-state index in [1.54, 1.807) is 18.5 Å². The lowest BCUT2D eigenvalue weighted by atomic mass is 9.99. The van der Waals surface area contributed by atoms with Gasteiger partial charge in [-0.3, -0.25) is 9.69 Å². The van der Waals surface area contributed by atoms with Crippen LogP contribution >= 0.6 is 0 Å². The molecule has 1 saturated heterocycles. The summed E-state index contributed by atoms with van der Waals surface area (Å²) in [7, 11) is 0. The van der Waals surface area contributed by atoms with Crippen molar-refractivity contribution in [2.45, 2.75) is 26.4 Å². The van der Waals surface area contributed by atoms with Gasteiger partial charge in [-0.1, -0.05) is 18.2 Å². The second-order valence-electron chi connectivity index (χ2n) is 7.54. The van der Waals surface area contributed by atoms with Crippen molar-refractivity contribution in [2.75, 3.05) is 13.1 Å². The number of amides is 1. The van der Waals surface area contributed by atoms with Gasteiger partial charge in [0.15, 0.2) is 23.3 Å². The number of nitrogens with one attached hydrogen (secondary N) is 1. The van der Waals surface area contributed by atoms with Gasteiger partial charge in [0.25, 0.3) is 0 Å². The maximum absolute atomic E-state index is 14.3. The van der Waals surface area contributed by atoms with Gasteiger partial charge in [0.2, 0.25) is 11.7 Å². The summed E-state index contributed by atoms with van der Waals surface area (Å²) < 4.78 is 71.1. The Bertz CT molecular complexity index is 1170. The Morgan fingerprint density at radius 1 is 0.969 bits per heavy atom. The van der Waals surface area contributed by atoms with Gasteiger partial charge in [0.05, 0.1) is 11.4 Å². The van der Waals surface area contributed by atoms with Gasteiger partial charge in [-0.25, -0.2) is 26.6 Å². The minimum atomic E-state index is -2.22. The molecule has 0 unspecified atom stereocenters. The van der Waals surface area contributed by atoms with E-state index in [2.05, 4.69) is 10.4 Å². The third-order valence-electron chi connectivity index (χ3n) is 5.60. The van der Waals surface area contributed by atoms with Gasteiger partial charge in [-0.2, -0.15) is 5.10 Å². The molecule has 2 heterocycles. The molecule has 1 amide bonds. The third-order valence-corrected chi connectivity index (χ3v) is 5.60. The van der Waals surface area contributed by atoms with Crippen LogP contribution < -0.4 is 5.32 Å². The number of hydrogen-bond donors (Lipinski definition) is 1. The Kier molecular flexibility index (Phi) is 5.72. The van der Waals surface area contributed by atoms with Crippen molar-refractivity contribution in [1.82, 2.24) is 20.0 Å². The molecule has 2 aromatic carbocycles. The first kappa shape index (κ1) is 21.9. The number of aryl methyl sites for hydroxylation is 1. The standard InChI is InChI=1S/C22H19F5N4O/c1-11-15(12(2)31(29-11)13-6-4-3-5-7-13)21-22(32)28-8-9-30(21)10-14-16(23)18(25)20(27)19(26)17(14)24/h3-7,21H,8-10H2,1-2H3,(H,28,32)/t21-/m0/s1. The summed E-state index contributed by atoms with van der Waals surface area (Å²) in [5, 5.41) is 7.20. The first-order valence-electron chi connectivity index (χ1n) is 9.86. The summed E-state index contributed by atoms with van der Waals surface area (Å²) in [5.74, 6) is -10.5. The van der Waals surface area contributed by atoms with Crippen molar-refractivity contribution in [1.29, 1.82) is 0 Å². The maximum Gasteiger partial charge on any atom is 0.242 e. The molecular weight excluding hydrogens is 431 g/mol. The van der Waals surface area contributed by atoms with E-state index >= 15 is 0 Å². The quantitative estimate of drug-likeness (QED) is 0.373. The van der Waals surface area contributed by atoms with E-state index in [4.69, 9.17) is 0 Å². The van der Waals surface area contributed by atoms with Crippen molar-refractivity contribution < 1.29 is 26.7 Å². The van der Waals surface area contributed by atoms with E-state index in [0.717, 1.165) is 5.69 Å². The zero-order chi connectivity index (χ0) is 23.2. The predicted octanol–water partition coefficient (Wildman–Crippen LogP) is 3.86. The zero-order valence-electron chi connectivity index (χ0n) is 17.2. The number of para-hydroxylation sites is 1. The Morgan fingerprint density at radius 3 is 2.19 bits per heavy atom. The number of nitrogens with zero attached hydrogens (tertiary/aromatic N) is 3. The molecule has 10 heteroatoms. The van der Waals surface area contributed by atoms with Crippen LogP contribution in [0.2, 0.25) is 0 Å². The SMILES string of the molecule is Cc1nn(-c2ccccc2)c(C)c1[C@H]1C(=O)NCCN1Cc1c(F)c(F)c(F)c(F)c1F. The highest BCUT2D eigenvalue weighted by Crippen LogP contribution is 2.33. The molecule has 0 bridgehead atoms. The summed E-state index contributed by atoms with van der Waals surface area (Å²) in [6.07, 6.45) is 0. The Balaban J connectivity index is 1.78. The zero-order valence-corrected chi connectivity index (χ0v) is 17.2. The van der Waals surface area contributed by atoms with Gasteiger partial charge in [-0.05, 0) is 26.0 Å². The molecule has 1 aromatic heterocycles. The number of hydrogen-bond acceptors (Lipinski definition) is 3. The predicted molar refractivity (Wildman–Crippen MR) is 105 cm³/mol. The molecule has 1 fully saturated rings. The second-order valence-corrected chi connectivity index (χ2v) is 7.54. The summed E-state index contributed by atoms with van der Waals surface area (Å²) in [6, 6.07) is 8.14. The minimum Gasteiger partial charge on any atom is -0.353 e. The van der Waals surface area contributed by atoms with Gasteiger partial charge in [-0.15, -0.1) is 0 Å². The number of carbonyl (C=O) groups excluding carboxylic acids is 1. The normalized spacial score (nSPS) is 17.0. The summed E-state index contributed by atoms with van der Waals surface area (Å²) in [5.41, 5.74) is 1.41. The van der Waals surface area contributed by atoms with Crippen LogP contribution in [0.5, 0.6) is 0 Å². The topological polar surface area (TPSA) is 50.2 Å². The van der Waals surface area contributed by atoms with Crippen LogP contribution in [0.15, 0.2) is 30.3 Å². The highest BCUT2D eigenvalue weighted by molar-refractivity contribution is 5.84. The van der Waals surface area contributed by atoms with E-state index in [1.165, 1.54) is 4.90 Å². The number of aromatic nitrogens is 2. The summed E-state index contributed by atoms with van der Waals surface area (Å²) >= 11 is 0. The van der Waals surface area contributed by atoms with Gasteiger partial charge >= 0.3 is 0 Å². The number of halogens is 5. The molecular formula is C22H19F5N4O. The van der Waals surface area contributed by atoms with Crippen LogP contribution in [0.1, 0.15) is 28.6 Å². The largest absolute Gasteiger partial charge is 0.353 e. The lowest BCUT2D eigenvalue weighted by Crippen LogP contribution is -2.50. The monoisotopic (exact) mass is 450 g/mol. The maximum atomic E-state index is 14.3. The van der Waals surface area contributed by atoms with E-state index in [0.29, 0.717) is 17.0 Å². The van der Waals surface area contributed by atoms with Crippen LogP contribution in [0.3, 0.4) is 0 Å². The average Bonchev–Trinajstić information content (AvgIpc) is 3.08. The fourth-order valence-electron chi connectivity index (χ4n) is 4.06. The Morgan fingerprint density at radius 2 is 1.56 bits per heavy atom. The highest BCUT2D eigenvalue weighted by atomic mass is 19.2. The molecule has 1 atom stereocenters. The molecule has 4 rings (SSSR count). The Labute approximate surface area is 180 Å². The van der Waals surface area contributed by atoms with E-state index in [1.807, 2.05) is 30.3 Å². The van der Waals surface area contributed by atoms with Crippen LogP contribution in [0.25, 0.3) is 5.69 Å². The molecule has 0 aliphatic carbocycles. The van der Waals surface area contributed by atoms with Crippen molar-refractivity contribution in [3.05, 3.63) is 81.9 Å². The molecule has 0 spiro atoms. The fraction of sp³-hybridized carbons (Fsp3) is 0.273. The molecule has 1 aliphatic heterocycles. The van der Waals surface area contributed by atoms with Crippen molar-refractivity contribution in [3.8, 4) is 5.69 Å². The lowest BCUT2D eigenvalue weighted by molar-refractivity contribution is -0.129. The number of piperazine rings is 1. The van der Waals surface area contributed by atoms with Crippen molar-refractivity contribution in [3.63, 3.8) is 0 Å².